The standard InChI is InChI=1S/C32H47N3O3S/c36-30-15-14-28(31(37)34-30)35-22-27-26(32(35)38)12-7-13-29(27)39-18-5-3-1-2-4-16-33-17-8-11-25-20-23-9-6-10-24(19-23)21-25/h7,12-13,23-25,28,33H,1-6,8-11,14-22H2,(H,34,36,37). The Labute approximate surface area is 238 Å². The second-order valence-electron chi connectivity index (χ2n) is 12.4. The van der Waals surface area contributed by atoms with E-state index in [1.165, 1.54) is 90.0 Å². The minimum atomic E-state index is -0.549. The van der Waals surface area contributed by atoms with Gasteiger partial charge < -0.3 is 10.2 Å². The van der Waals surface area contributed by atoms with E-state index >= 15 is 0 Å². The molecule has 1 saturated heterocycles. The molecule has 0 aromatic heterocycles. The van der Waals surface area contributed by atoms with Gasteiger partial charge in [0.25, 0.3) is 5.91 Å². The molecule has 1 aromatic rings. The summed E-state index contributed by atoms with van der Waals surface area (Å²) in [5.74, 6) is 3.48. The minimum absolute atomic E-state index is 0.0909. The van der Waals surface area contributed by atoms with Crippen molar-refractivity contribution in [2.75, 3.05) is 18.8 Å². The van der Waals surface area contributed by atoms with E-state index in [1.54, 1.807) is 4.90 Å². The number of carbonyl (C=O) groups excluding carboxylic acids is 3. The van der Waals surface area contributed by atoms with Crippen molar-refractivity contribution < 1.29 is 14.4 Å². The van der Waals surface area contributed by atoms with Crippen LogP contribution in [-0.2, 0) is 16.1 Å². The fourth-order valence-corrected chi connectivity index (χ4v) is 8.59. The van der Waals surface area contributed by atoms with Gasteiger partial charge in [0.2, 0.25) is 11.8 Å². The third kappa shape index (κ3) is 7.66. The second kappa shape index (κ2) is 14.2. The van der Waals surface area contributed by atoms with E-state index in [1.807, 2.05) is 23.9 Å². The van der Waals surface area contributed by atoms with Crippen LogP contribution in [0.5, 0.6) is 0 Å². The van der Waals surface area contributed by atoms with Gasteiger partial charge in [0, 0.05) is 23.4 Å². The highest BCUT2D eigenvalue weighted by atomic mass is 32.2. The van der Waals surface area contributed by atoms with Gasteiger partial charge in [0.15, 0.2) is 0 Å². The molecular formula is C32H47N3O3S. The third-order valence-corrected chi connectivity index (χ3v) is 10.7. The van der Waals surface area contributed by atoms with Gasteiger partial charge in [-0.25, -0.2) is 0 Å². The van der Waals surface area contributed by atoms with Crippen LogP contribution < -0.4 is 10.6 Å². The van der Waals surface area contributed by atoms with Crippen LogP contribution >= 0.6 is 11.8 Å². The van der Waals surface area contributed by atoms with Crippen LogP contribution in [0.3, 0.4) is 0 Å². The Kier molecular flexibility index (Phi) is 10.4. The van der Waals surface area contributed by atoms with E-state index < -0.39 is 6.04 Å². The Balaban J connectivity index is 0.907. The smallest absolute Gasteiger partial charge is 0.255 e. The van der Waals surface area contributed by atoms with Gasteiger partial charge in [-0.15, -0.1) is 11.8 Å². The Hall–Kier alpha value is -1.86. The van der Waals surface area contributed by atoms with E-state index in [4.69, 9.17) is 0 Å². The molecule has 6 nitrogen and oxygen atoms in total. The zero-order valence-electron chi connectivity index (χ0n) is 23.6. The first-order chi connectivity index (χ1) is 19.1. The van der Waals surface area contributed by atoms with Crippen molar-refractivity contribution in [1.29, 1.82) is 0 Å². The van der Waals surface area contributed by atoms with E-state index in [0.29, 0.717) is 18.5 Å². The summed E-state index contributed by atoms with van der Waals surface area (Å²) in [6.45, 7) is 2.80. The monoisotopic (exact) mass is 553 g/mol. The van der Waals surface area contributed by atoms with Gasteiger partial charge in [-0.2, -0.15) is 0 Å². The van der Waals surface area contributed by atoms with Gasteiger partial charge in [-0.05, 0) is 106 Å². The summed E-state index contributed by atoms with van der Waals surface area (Å²) >= 11 is 1.83. The molecule has 3 fully saturated rings. The molecule has 5 rings (SSSR count). The molecule has 1 aromatic carbocycles. The molecule has 7 heteroatoms. The van der Waals surface area contributed by atoms with Gasteiger partial charge in [0.1, 0.15) is 6.04 Å². The highest BCUT2D eigenvalue weighted by molar-refractivity contribution is 7.99. The largest absolute Gasteiger partial charge is 0.322 e. The number of piperidine rings is 1. The average molecular weight is 554 g/mol. The first kappa shape index (κ1) is 28.7. The molecule has 3 atom stereocenters. The van der Waals surface area contributed by atoms with Crippen molar-refractivity contribution in [3.63, 3.8) is 0 Å². The lowest BCUT2D eigenvalue weighted by Gasteiger charge is -2.39. The molecule has 2 heterocycles. The number of hydrogen-bond acceptors (Lipinski definition) is 5. The van der Waals surface area contributed by atoms with Crippen molar-refractivity contribution in [1.82, 2.24) is 15.5 Å². The number of rotatable bonds is 14. The topological polar surface area (TPSA) is 78.5 Å². The maximum Gasteiger partial charge on any atom is 0.255 e. The summed E-state index contributed by atoms with van der Waals surface area (Å²) in [5.41, 5.74) is 1.74. The maximum absolute atomic E-state index is 13.0. The Morgan fingerprint density at radius 3 is 2.49 bits per heavy atom. The quantitative estimate of drug-likeness (QED) is 0.166. The fourth-order valence-electron chi connectivity index (χ4n) is 7.50. The highest BCUT2D eigenvalue weighted by Crippen LogP contribution is 2.43. The Bertz CT molecular complexity index is 1000. The van der Waals surface area contributed by atoms with E-state index in [9.17, 15) is 14.4 Å². The molecule has 2 bridgehead atoms. The highest BCUT2D eigenvalue weighted by Gasteiger charge is 2.39. The molecule has 2 aliphatic carbocycles. The van der Waals surface area contributed by atoms with Crippen LogP contribution in [0.15, 0.2) is 23.1 Å². The lowest BCUT2D eigenvalue weighted by atomic mass is 9.67. The summed E-state index contributed by atoms with van der Waals surface area (Å²) in [5, 5.41) is 6.06. The molecule has 2 saturated carbocycles. The van der Waals surface area contributed by atoms with Crippen LogP contribution in [-0.4, -0.2) is 47.5 Å². The average Bonchev–Trinajstić information content (AvgIpc) is 3.26. The van der Waals surface area contributed by atoms with Crippen LogP contribution in [0, 0.1) is 17.8 Å². The summed E-state index contributed by atoms with van der Waals surface area (Å²) in [6.07, 6.45) is 18.8. The molecule has 214 valence electrons. The number of fused-ring (bicyclic) bond motifs is 3. The van der Waals surface area contributed by atoms with Crippen molar-refractivity contribution in [3.8, 4) is 0 Å². The molecule has 2 N–H and O–H groups in total. The predicted molar refractivity (Wildman–Crippen MR) is 157 cm³/mol. The SMILES string of the molecule is O=C1CCC(N2Cc3c(SCCCCCCCNCCCC4CC5CCCC(C4)C5)cccc3C2=O)C(=O)N1. The fraction of sp³-hybridized carbons (Fsp3) is 0.719. The molecule has 3 unspecified atom stereocenters. The third-order valence-electron chi connectivity index (χ3n) is 9.49. The molecule has 0 spiro atoms. The van der Waals surface area contributed by atoms with Gasteiger partial charge in [-0.3, -0.25) is 19.7 Å². The van der Waals surface area contributed by atoms with Crippen molar-refractivity contribution in [2.24, 2.45) is 17.8 Å². The second-order valence-corrected chi connectivity index (χ2v) is 13.6. The van der Waals surface area contributed by atoms with Gasteiger partial charge >= 0.3 is 0 Å². The van der Waals surface area contributed by atoms with E-state index in [0.717, 1.165) is 40.5 Å². The van der Waals surface area contributed by atoms with Crippen molar-refractivity contribution in [3.05, 3.63) is 29.3 Å². The Morgan fingerprint density at radius 2 is 1.67 bits per heavy atom. The zero-order valence-corrected chi connectivity index (χ0v) is 24.4. The molecule has 3 amide bonds. The summed E-state index contributed by atoms with van der Waals surface area (Å²) in [4.78, 5) is 39.6. The van der Waals surface area contributed by atoms with Crippen LogP contribution in [0.1, 0.15) is 112 Å². The van der Waals surface area contributed by atoms with Crippen LogP contribution in [0.25, 0.3) is 0 Å². The zero-order chi connectivity index (χ0) is 27.0. The van der Waals surface area contributed by atoms with Crippen LogP contribution in [0.2, 0.25) is 0 Å². The minimum Gasteiger partial charge on any atom is -0.322 e. The van der Waals surface area contributed by atoms with Gasteiger partial charge in [-0.1, -0.05) is 44.6 Å². The number of imide groups is 1. The summed E-state index contributed by atoms with van der Waals surface area (Å²) in [6, 6.07) is 5.35. The molecule has 4 aliphatic rings. The number of carbonyl (C=O) groups is 3. The summed E-state index contributed by atoms with van der Waals surface area (Å²) < 4.78 is 0. The lowest BCUT2D eigenvalue weighted by Crippen LogP contribution is -2.52. The summed E-state index contributed by atoms with van der Waals surface area (Å²) in [7, 11) is 0. The lowest BCUT2D eigenvalue weighted by molar-refractivity contribution is -0.136. The van der Waals surface area contributed by atoms with Crippen molar-refractivity contribution in [2.45, 2.75) is 114 Å². The number of unbranched alkanes of at least 4 members (excludes halogenated alkanes) is 4. The molecular weight excluding hydrogens is 506 g/mol. The number of hydrogen-bond donors (Lipinski definition) is 2. The first-order valence-electron chi connectivity index (χ1n) is 15.7. The van der Waals surface area contributed by atoms with Crippen LogP contribution in [0.4, 0.5) is 0 Å². The van der Waals surface area contributed by atoms with Gasteiger partial charge in [0.05, 0.1) is 0 Å². The molecule has 39 heavy (non-hydrogen) atoms. The Morgan fingerprint density at radius 1 is 0.897 bits per heavy atom. The number of thioether (sulfide) groups is 1. The number of nitrogens with zero attached hydrogens (tertiary/aromatic N) is 1. The number of nitrogens with one attached hydrogen (secondary N) is 2. The predicted octanol–water partition coefficient (Wildman–Crippen LogP) is 6.08. The van der Waals surface area contributed by atoms with Crippen molar-refractivity contribution >= 4 is 29.5 Å². The normalized spacial score (nSPS) is 26.6. The maximum atomic E-state index is 13.0. The van der Waals surface area contributed by atoms with E-state index in [-0.39, 0.29) is 24.1 Å². The molecule has 2 aliphatic heterocycles. The number of benzene rings is 1. The number of amides is 3. The van der Waals surface area contributed by atoms with E-state index in [2.05, 4.69) is 16.7 Å². The molecule has 0 radical (unpaired) electrons. The first-order valence-corrected chi connectivity index (χ1v) is 16.7.